The minimum absolute atomic E-state index is 0.231. The van der Waals surface area contributed by atoms with Gasteiger partial charge in [-0.2, -0.15) is 0 Å². The van der Waals surface area contributed by atoms with Crippen LogP contribution < -0.4 is 5.73 Å². The lowest BCUT2D eigenvalue weighted by Gasteiger charge is -2.28. The lowest BCUT2D eigenvalue weighted by atomic mass is 9.95. The van der Waals surface area contributed by atoms with E-state index in [2.05, 4.69) is 6.92 Å². The number of anilines is 1. The monoisotopic (exact) mass is 696 g/mol. The zero-order chi connectivity index (χ0) is 36.1. The summed E-state index contributed by atoms with van der Waals surface area (Å²) in [4.78, 5) is 45.9. The van der Waals surface area contributed by atoms with Crippen LogP contribution in [0.25, 0.3) is 22.2 Å². The fourth-order valence-electron chi connectivity index (χ4n) is 6.47. The van der Waals surface area contributed by atoms with Crippen molar-refractivity contribution >= 4 is 45.7 Å². The Morgan fingerprint density at radius 1 is 0.882 bits per heavy atom. The minimum atomic E-state index is -1.01. The first kappa shape index (κ1) is 35.2. The molecule has 9 heteroatoms. The first-order chi connectivity index (χ1) is 24.6. The van der Waals surface area contributed by atoms with Gasteiger partial charge in [0.1, 0.15) is 5.82 Å². The highest BCUT2D eigenvalue weighted by Crippen LogP contribution is 2.32. The lowest BCUT2D eigenvalue weighted by Crippen LogP contribution is -2.35. The summed E-state index contributed by atoms with van der Waals surface area (Å²) >= 11 is 0.875. The Kier molecular flexibility index (Phi) is 10.7. The van der Waals surface area contributed by atoms with Gasteiger partial charge in [0, 0.05) is 41.2 Å². The number of aromatic carboxylic acids is 1. The number of nitrogen functional groups attached to an aromatic ring is 1. The van der Waals surface area contributed by atoms with Gasteiger partial charge in [0.15, 0.2) is 0 Å². The van der Waals surface area contributed by atoms with Crippen molar-refractivity contribution < 1.29 is 19.5 Å². The van der Waals surface area contributed by atoms with Crippen LogP contribution in [-0.2, 0) is 19.4 Å². The van der Waals surface area contributed by atoms with Gasteiger partial charge in [-0.1, -0.05) is 97.9 Å². The van der Waals surface area contributed by atoms with Crippen molar-refractivity contribution in [3.8, 4) is 11.1 Å². The molecule has 1 atom stereocenters. The molecular formula is C42H40N4O4S. The van der Waals surface area contributed by atoms with Gasteiger partial charge in [0.25, 0.3) is 5.91 Å². The third-order valence-electron chi connectivity index (χ3n) is 8.90. The molecule has 3 N–H and O–H groups in total. The van der Waals surface area contributed by atoms with Crippen molar-refractivity contribution in [3.63, 3.8) is 0 Å². The zero-order valence-corrected chi connectivity index (χ0v) is 29.7. The van der Waals surface area contributed by atoms with E-state index in [-0.39, 0.29) is 29.2 Å². The molecule has 1 heterocycles. The molecule has 0 radical (unpaired) electrons. The second-order valence-electron chi connectivity index (χ2n) is 12.7. The van der Waals surface area contributed by atoms with Gasteiger partial charge in [0.05, 0.1) is 23.1 Å². The van der Waals surface area contributed by atoms with Crippen LogP contribution in [0.3, 0.4) is 0 Å². The van der Waals surface area contributed by atoms with Crippen LogP contribution in [0, 0.1) is 6.92 Å². The van der Waals surface area contributed by atoms with Crippen molar-refractivity contribution in [1.82, 2.24) is 13.9 Å². The summed E-state index contributed by atoms with van der Waals surface area (Å²) in [7, 11) is 0. The number of aryl methyl sites for hydroxylation is 2. The van der Waals surface area contributed by atoms with Gasteiger partial charge in [-0.25, -0.2) is 9.78 Å². The molecule has 0 aliphatic rings. The fraction of sp³-hybridized carbons (Fsp3) is 0.190. The van der Waals surface area contributed by atoms with E-state index < -0.39 is 5.97 Å². The normalized spacial score (nSPS) is 11.7. The number of rotatable bonds is 11. The summed E-state index contributed by atoms with van der Waals surface area (Å²) in [5.74, 6) is -0.516. The SMILES string of the molecule is CCCc1nc2c(C)cc(C(=O)N(SC(=O)c3cccc(N)c3)C(C)Cc3ccccc3)cc2n1Cc1cccc(-c2ccccc2)c1C(=O)O. The molecule has 0 saturated heterocycles. The van der Waals surface area contributed by atoms with Crippen molar-refractivity contribution in [1.29, 1.82) is 0 Å². The number of carbonyl (C=O) groups is 3. The quantitative estimate of drug-likeness (QED) is 0.103. The van der Waals surface area contributed by atoms with Crippen molar-refractivity contribution in [2.45, 2.75) is 52.6 Å². The van der Waals surface area contributed by atoms with Gasteiger partial charge in [0.2, 0.25) is 5.12 Å². The first-order valence-electron chi connectivity index (χ1n) is 17.0. The molecular weight excluding hydrogens is 657 g/mol. The van der Waals surface area contributed by atoms with Gasteiger partial charge in [-0.3, -0.25) is 13.9 Å². The first-order valence-corrected chi connectivity index (χ1v) is 17.8. The number of fused-ring (bicyclic) bond motifs is 1. The average molecular weight is 697 g/mol. The maximum atomic E-state index is 14.6. The number of carboxylic acid groups (broad SMARTS) is 1. The summed E-state index contributed by atoms with van der Waals surface area (Å²) in [6.45, 7) is 6.19. The number of aromatic nitrogens is 2. The Morgan fingerprint density at radius 3 is 2.27 bits per heavy atom. The number of nitrogens with zero attached hydrogens (tertiary/aromatic N) is 3. The molecule has 0 bridgehead atoms. The number of hydrogen-bond donors (Lipinski definition) is 2. The second-order valence-corrected chi connectivity index (χ2v) is 13.7. The van der Waals surface area contributed by atoms with Crippen LogP contribution in [-0.4, -0.2) is 42.0 Å². The number of carbonyl (C=O) groups excluding carboxylic acids is 2. The number of carboxylic acids is 1. The molecule has 1 aromatic heterocycles. The topological polar surface area (TPSA) is 119 Å². The highest BCUT2D eigenvalue weighted by molar-refractivity contribution is 8.12. The van der Waals surface area contributed by atoms with Crippen molar-refractivity contribution in [2.24, 2.45) is 0 Å². The number of nitrogens with two attached hydrogens (primary N) is 1. The third-order valence-corrected chi connectivity index (χ3v) is 10.0. The zero-order valence-electron chi connectivity index (χ0n) is 28.9. The summed E-state index contributed by atoms with van der Waals surface area (Å²) in [5, 5.41) is 10.2. The smallest absolute Gasteiger partial charge is 0.336 e. The molecule has 0 fully saturated rings. The molecule has 8 nitrogen and oxygen atoms in total. The van der Waals surface area contributed by atoms with Gasteiger partial charge in [-0.05, 0) is 78.8 Å². The largest absolute Gasteiger partial charge is 0.478 e. The molecule has 0 spiro atoms. The number of hydrogen-bond acceptors (Lipinski definition) is 6. The molecule has 51 heavy (non-hydrogen) atoms. The highest BCUT2D eigenvalue weighted by Gasteiger charge is 2.28. The standard InChI is InChI=1S/C42H40N4O4S/c1-4-13-37-44-39-27(2)22-33(25-36(39)45(37)26-32-19-12-21-35(38(32)41(48)49)30-16-9-6-10-17-30)40(47)46(28(3)23-29-14-7-5-8-15-29)51-42(50)31-18-11-20-34(43)24-31/h5-12,14-22,24-25,28H,4,13,23,26,43H2,1-3H3,(H,48,49). The van der Waals surface area contributed by atoms with Crippen LogP contribution in [0.4, 0.5) is 5.69 Å². The fourth-order valence-corrected chi connectivity index (χ4v) is 7.33. The van der Waals surface area contributed by atoms with E-state index in [1.807, 2.05) is 109 Å². The third kappa shape index (κ3) is 7.74. The number of benzene rings is 5. The summed E-state index contributed by atoms with van der Waals surface area (Å²) in [5.41, 5.74) is 12.9. The van der Waals surface area contributed by atoms with E-state index in [0.29, 0.717) is 40.8 Å². The Balaban J connectivity index is 1.43. The molecule has 258 valence electrons. The maximum Gasteiger partial charge on any atom is 0.336 e. The van der Waals surface area contributed by atoms with E-state index in [1.54, 1.807) is 28.6 Å². The van der Waals surface area contributed by atoms with Crippen LogP contribution >= 0.6 is 11.9 Å². The molecule has 6 rings (SSSR count). The second kappa shape index (κ2) is 15.5. The Hall–Kier alpha value is -5.67. The van der Waals surface area contributed by atoms with Crippen molar-refractivity contribution in [3.05, 3.63) is 154 Å². The molecule has 0 aliphatic carbocycles. The van der Waals surface area contributed by atoms with Crippen LogP contribution in [0.2, 0.25) is 0 Å². The van der Waals surface area contributed by atoms with E-state index in [1.165, 1.54) is 0 Å². The highest BCUT2D eigenvalue weighted by atomic mass is 32.2. The molecule has 5 aromatic carbocycles. The van der Waals surface area contributed by atoms with Crippen molar-refractivity contribution in [2.75, 3.05) is 5.73 Å². The summed E-state index contributed by atoms with van der Waals surface area (Å²) in [6, 6.07) is 35.0. The predicted molar refractivity (Wildman–Crippen MR) is 205 cm³/mol. The number of amides is 1. The van der Waals surface area contributed by atoms with E-state index in [9.17, 15) is 19.5 Å². The van der Waals surface area contributed by atoms with Gasteiger partial charge >= 0.3 is 5.97 Å². The average Bonchev–Trinajstić information content (AvgIpc) is 3.47. The van der Waals surface area contributed by atoms with Gasteiger partial charge in [-0.15, -0.1) is 0 Å². The Morgan fingerprint density at radius 2 is 1.59 bits per heavy atom. The van der Waals surface area contributed by atoms with E-state index >= 15 is 0 Å². The Labute approximate surface area is 302 Å². The lowest BCUT2D eigenvalue weighted by molar-refractivity contribution is 0.0695. The Bertz CT molecular complexity index is 2220. The maximum absolute atomic E-state index is 14.6. The predicted octanol–water partition coefficient (Wildman–Crippen LogP) is 8.85. The number of imidazole rings is 1. The minimum Gasteiger partial charge on any atom is -0.478 e. The van der Waals surface area contributed by atoms with Crippen LogP contribution in [0.15, 0.2) is 115 Å². The van der Waals surface area contributed by atoms with Crippen LogP contribution in [0.5, 0.6) is 0 Å². The van der Waals surface area contributed by atoms with Gasteiger partial charge < -0.3 is 15.4 Å². The molecule has 0 aliphatic heterocycles. The molecule has 6 aromatic rings. The molecule has 0 saturated carbocycles. The van der Waals surface area contributed by atoms with E-state index in [4.69, 9.17) is 10.7 Å². The molecule has 1 amide bonds. The van der Waals surface area contributed by atoms with Crippen LogP contribution in [0.1, 0.15) is 73.9 Å². The molecule has 1 unspecified atom stereocenters. The van der Waals surface area contributed by atoms with E-state index in [0.717, 1.165) is 51.9 Å². The summed E-state index contributed by atoms with van der Waals surface area (Å²) in [6.07, 6.45) is 2.04. The summed E-state index contributed by atoms with van der Waals surface area (Å²) < 4.78 is 3.58.